The van der Waals surface area contributed by atoms with E-state index in [1.807, 2.05) is 30.6 Å². The summed E-state index contributed by atoms with van der Waals surface area (Å²) in [5.74, 6) is 1.83. The van der Waals surface area contributed by atoms with Crippen molar-refractivity contribution in [2.75, 3.05) is 40.0 Å². The number of thiazole rings is 1. The topological polar surface area (TPSA) is 52.4 Å². The van der Waals surface area contributed by atoms with Gasteiger partial charge in [0.2, 0.25) is 0 Å². The molecular weight excluding hydrogens is 360 g/mol. The highest BCUT2D eigenvalue weighted by Gasteiger charge is 2.13. The lowest BCUT2D eigenvalue weighted by molar-refractivity contribution is 0.0369. The number of ether oxygens (including phenoxy) is 2. The van der Waals surface area contributed by atoms with Crippen molar-refractivity contribution >= 4 is 11.3 Å². The monoisotopic (exact) mass is 384 g/mol. The number of imidazole rings is 1. The van der Waals surface area contributed by atoms with Crippen molar-refractivity contribution in [3.05, 3.63) is 42.9 Å². The Balaban J connectivity index is 1.43. The molecule has 0 radical (unpaired) electrons. The van der Waals surface area contributed by atoms with Gasteiger partial charge < -0.3 is 14.0 Å². The molecule has 1 aliphatic rings. The van der Waals surface area contributed by atoms with Crippen molar-refractivity contribution in [3.63, 3.8) is 0 Å². The van der Waals surface area contributed by atoms with Crippen LogP contribution in [0.5, 0.6) is 5.75 Å². The van der Waals surface area contributed by atoms with Crippen molar-refractivity contribution in [2.45, 2.75) is 13.0 Å². The normalized spacial score (nSPS) is 15.1. The summed E-state index contributed by atoms with van der Waals surface area (Å²) in [5, 5.41) is 0.978. The van der Waals surface area contributed by atoms with Gasteiger partial charge in [0.1, 0.15) is 10.8 Å². The lowest BCUT2D eigenvalue weighted by Gasteiger charge is -2.26. The molecule has 7 heteroatoms. The van der Waals surface area contributed by atoms with E-state index in [0.29, 0.717) is 0 Å². The SMILES string of the molecule is COc1cccc(-c2ncc(-c3nccn3CCCN3CCOCC3)s2)c1. The van der Waals surface area contributed by atoms with Crippen LogP contribution in [0.15, 0.2) is 42.9 Å². The van der Waals surface area contributed by atoms with Crippen molar-refractivity contribution < 1.29 is 9.47 Å². The Kier molecular flexibility index (Phi) is 5.81. The van der Waals surface area contributed by atoms with Crippen LogP contribution in [-0.2, 0) is 11.3 Å². The fourth-order valence-electron chi connectivity index (χ4n) is 3.27. The molecule has 0 N–H and O–H groups in total. The number of aromatic nitrogens is 3. The van der Waals surface area contributed by atoms with Crippen molar-refractivity contribution in [3.8, 4) is 27.0 Å². The fourth-order valence-corrected chi connectivity index (χ4v) is 4.20. The first-order valence-corrected chi connectivity index (χ1v) is 10.1. The molecule has 1 saturated heterocycles. The lowest BCUT2D eigenvalue weighted by Crippen LogP contribution is -2.37. The van der Waals surface area contributed by atoms with Crippen LogP contribution < -0.4 is 4.74 Å². The average molecular weight is 385 g/mol. The largest absolute Gasteiger partial charge is 0.497 e. The molecule has 0 aliphatic carbocycles. The van der Waals surface area contributed by atoms with E-state index in [-0.39, 0.29) is 0 Å². The minimum Gasteiger partial charge on any atom is -0.497 e. The summed E-state index contributed by atoms with van der Waals surface area (Å²) in [4.78, 5) is 12.7. The molecule has 0 spiro atoms. The van der Waals surface area contributed by atoms with Crippen LogP contribution in [-0.4, -0.2) is 59.4 Å². The van der Waals surface area contributed by atoms with Gasteiger partial charge >= 0.3 is 0 Å². The number of methoxy groups -OCH3 is 1. The highest BCUT2D eigenvalue weighted by atomic mass is 32.1. The van der Waals surface area contributed by atoms with E-state index in [4.69, 9.17) is 9.47 Å². The Bertz CT molecular complexity index is 870. The molecule has 0 amide bonds. The highest BCUT2D eigenvalue weighted by Crippen LogP contribution is 2.32. The van der Waals surface area contributed by atoms with Crippen molar-refractivity contribution in [1.82, 2.24) is 19.4 Å². The molecule has 142 valence electrons. The average Bonchev–Trinajstić information content (AvgIpc) is 3.38. The van der Waals surface area contributed by atoms with E-state index in [1.54, 1.807) is 18.4 Å². The van der Waals surface area contributed by atoms with Gasteiger partial charge in [-0.2, -0.15) is 0 Å². The predicted molar refractivity (Wildman–Crippen MR) is 107 cm³/mol. The summed E-state index contributed by atoms with van der Waals surface area (Å²) in [6.07, 6.45) is 6.94. The number of hydrogen-bond donors (Lipinski definition) is 0. The summed E-state index contributed by atoms with van der Waals surface area (Å²) in [6, 6.07) is 8.00. The van der Waals surface area contributed by atoms with E-state index in [2.05, 4.69) is 31.7 Å². The zero-order chi connectivity index (χ0) is 18.5. The molecule has 2 aromatic heterocycles. The highest BCUT2D eigenvalue weighted by molar-refractivity contribution is 7.18. The smallest absolute Gasteiger partial charge is 0.151 e. The number of aryl methyl sites for hydroxylation is 1. The van der Waals surface area contributed by atoms with E-state index >= 15 is 0 Å². The first-order chi connectivity index (χ1) is 13.3. The van der Waals surface area contributed by atoms with E-state index < -0.39 is 0 Å². The maximum absolute atomic E-state index is 5.41. The molecule has 0 bridgehead atoms. The van der Waals surface area contributed by atoms with E-state index in [0.717, 1.165) is 72.8 Å². The van der Waals surface area contributed by atoms with Gasteiger partial charge in [0.15, 0.2) is 5.82 Å². The molecule has 4 rings (SSSR count). The van der Waals surface area contributed by atoms with Crippen molar-refractivity contribution in [2.24, 2.45) is 0 Å². The van der Waals surface area contributed by atoms with Crippen LogP contribution in [0.2, 0.25) is 0 Å². The molecule has 27 heavy (non-hydrogen) atoms. The summed E-state index contributed by atoms with van der Waals surface area (Å²) in [7, 11) is 1.68. The Morgan fingerprint density at radius 3 is 2.93 bits per heavy atom. The second-order valence-corrected chi connectivity index (χ2v) is 7.54. The fraction of sp³-hybridized carbons (Fsp3) is 0.400. The predicted octanol–water partition coefficient (Wildman–Crippen LogP) is 3.40. The lowest BCUT2D eigenvalue weighted by atomic mass is 10.2. The van der Waals surface area contributed by atoms with Crippen LogP contribution in [0.1, 0.15) is 6.42 Å². The van der Waals surface area contributed by atoms with Gasteiger partial charge in [0, 0.05) is 50.3 Å². The van der Waals surface area contributed by atoms with Gasteiger partial charge in [-0.3, -0.25) is 4.90 Å². The van der Waals surface area contributed by atoms with Gasteiger partial charge in [-0.1, -0.05) is 12.1 Å². The Hall–Kier alpha value is -2.22. The standard InChI is InChI=1S/C20H24N4O2S/c1-25-17-5-2-4-16(14-17)20-22-15-18(27-20)19-21-6-9-24(19)8-3-7-23-10-12-26-13-11-23/h2,4-6,9,14-15H,3,7-8,10-13H2,1H3. The minimum atomic E-state index is 0.842. The van der Waals surface area contributed by atoms with Crippen LogP contribution in [0, 0.1) is 0 Å². The van der Waals surface area contributed by atoms with Gasteiger partial charge in [-0.25, -0.2) is 9.97 Å². The molecule has 1 aliphatic heterocycles. The first kappa shape index (κ1) is 18.2. The maximum atomic E-state index is 5.41. The minimum absolute atomic E-state index is 0.842. The molecule has 1 fully saturated rings. The Morgan fingerprint density at radius 1 is 1.19 bits per heavy atom. The molecule has 3 aromatic rings. The zero-order valence-electron chi connectivity index (χ0n) is 15.5. The van der Waals surface area contributed by atoms with Crippen LogP contribution in [0.25, 0.3) is 21.3 Å². The molecule has 3 heterocycles. The Labute approximate surface area is 163 Å². The third kappa shape index (κ3) is 4.37. The van der Waals surface area contributed by atoms with Gasteiger partial charge in [-0.05, 0) is 18.6 Å². The summed E-state index contributed by atoms with van der Waals surface area (Å²) < 4.78 is 13.0. The summed E-state index contributed by atoms with van der Waals surface area (Å²) in [6.45, 7) is 5.83. The number of benzene rings is 1. The van der Waals surface area contributed by atoms with Crippen LogP contribution >= 0.6 is 11.3 Å². The zero-order valence-corrected chi connectivity index (χ0v) is 16.3. The number of nitrogens with zero attached hydrogens (tertiary/aromatic N) is 4. The van der Waals surface area contributed by atoms with Gasteiger partial charge in [-0.15, -0.1) is 11.3 Å². The Morgan fingerprint density at radius 2 is 2.07 bits per heavy atom. The number of morpholine rings is 1. The molecule has 1 aromatic carbocycles. The second kappa shape index (κ2) is 8.65. The van der Waals surface area contributed by atoms with Crippen molar-refractivity contribution in [1.29, 1.82) is 0 Å². The van der Waals surface area contributed by atoms with E-state index in [1.165, 1.54) is 0 Å². The van der Waals surface area contributed by atoms with Gasteiger partial charge in [0.05, 0.1) is 25.2 Å². The quantitative estimate of drug-likeness (QED) is 0.625. The van der Waals surface area contributed by atoms with E-state index in [9.17, 15) is 0 Å². The third-order valence-corrected chi connectivity index (χ3v) is 5.78. The second-order valence-electron chi connectivity index (χ2n) is 6.51. The number of hydrogen-bond acceptors (Lipinski definition) is 6. The summed E-state index contributed by atoms with van der Waals surface area (Å²) in [5.41, 5.74) is 1.07. The van der Waals surface area contributed by atoms with Crippen LogP contribution in [0.3, 0.4) is 0 Å². The summed E-state index contributed by atoms with van der Waals surface area (Å²) >= 11 is 1.66. The van der Waals surface area contributed by atoms with Gasteiger partial charge in [0.25, 0.3) is 0 Å². The third-order valence-electron chi connectivity index (χ3n) is 4.74. The molecule has 0 saturated carbocycles. The first-order valence-electron chi connectivity index (χ1n) is 9.25. The molecule has 0 atom stereocenters. The maximum Gasteiger partial charge on any atom is 0.151 e. The molecule has 6 nitrogen and oxygen atoms in total. The molecular formula is C20H24N4O2S. The van der Waals surface area contributed by atoms with Crippen LogP contribution in [0.4, 0.5) is 0 Å². The number of rotatable bonds is 7. The molecule has 0 unspecified atom stereocenters.